The van der Waals surface area contributed by atoms with Crippen molar-refractivity contribution in [2.24, 2.45) is 4.99 Å². The average molecular weight is 420 g/mol. The Hall–Kier alpha value is -2.22. The van der Waals surface area contributed by atoms with Gasteiger partial charge in [-0.15, -0.1) is 0 Å². The number of pyridine rings is 1. The summed E-state index contributed by atoms with van der Waals surface area (Å²) in [5, 5.41) is 7.18. The monoisotopic (exact) mass is 419 g/mol. The number of hydrogen-bond acceptors (Lipinski definition) is 4. The Morgan fingerprint density at radius 3 is 2.79 bits per heavy atom. The third kappa shape index (κ3) is 6.66. The number of aliphatic imine (C=N–C) groups is 1. The molecule has 156 valence electrons. The maximum atomic E-state index is 13.8. The summed E-state index contributed by atoms with van der Waals surface area (Å²) in [6, 6.07) is 10.6. The molecule has 29 heavy (non-hydrogen) atoms. The molecule has 1 aromatic heterocycles. The summed E-state index contributed by atoms with van der Waals surface area (Å²) in [5.74, 6) is 0.487. The number of ether oxygens (including phenoxy) is 1. The lowest BCUT2D eigenvalue weighted by Crippen LogP contribution is -2.46. The molecular formula is C21H27ClFN5O. The van der Waals surface area contributed by atoms with Gasteiger partial charge in [-0.1, -0.05) is 29.8 Å². The molecule has 0 saturated carbocycles. The summed E-state index contributed by atoms with van der Waals surface area (Å²) < 4.78 is 19.3. The quantitative estimate of drug-likeness (QED) is 0.410. The van der Waals surface area contributed by atoms with Gasteiger partial charge in [0, 0.05) is 39.4 Å². The molecule has 2 heterocycles. The van der Waals surface area contributed by atoms with Crippen molar-refractivity contribution in [2.45, 2.75) is 12.5 Å². The largest absolute Gasteiger partial charge is 0.379 e. The fraction of sp³-hybridized carbons (Fsp3) is 0.429. The predicted molar refractivity (Wildman–Crippen MR) is 114 cm³/mol. The van der Waals surface area contributed by atoms with Crippen molar-refractivity contribution < 1.29 is 9.13 Å². The topological polar surface area (TPSA) is 61.8 Å². The summed E-state index contributed by atoms with van der Waals surface area (Å²) in [6.45, 7) is 4.34. The molecule has 2 aromatic rings. The highest BCUT2D eigenvalue weighted by Gasteiger charge is 2.23. The Bertz CT molecular complexity index is 796. The molecule has 1 saturated heterocycles. The number of aromatic nitrogens is 1. The smallest absolute Gasteiger partial charge is 0.191 e. The van der Waals surface area contributed by atoms with Crippen molar-refractivity contribution >= 4 is 17.6 Å². The Labute approximate surface area is 176 Å². The van der Waals surface area contributed by atoms with Crippen LogP contribution in [0.3, 0.4) is 0 Å². The number of halogens is 2. The van der Waals surface area contributed by atoms with Crippen LogP contribution in [0.2, 0.25) is 5.15 Å². The standard InChI is InChI=1S/C21H27ClFN5O/c1-24-21(25-8-7-16-5-6-20(22)26-14-16)27-15-19(28-9-11-29-12-10-28)17-3-2-4-18(23)13-17/h2-6,13-14,19H,7-12,15H2,1H3,(H2,24,25,27). The van der Waals surface area contributed by atoms with Crippen LogP contribution < -0.4 is 10.6 Å². The second-order valence-electron chi connectivity index (χ2n) is 6.84. The minimum atomic E-state index is -0.222. The molecule has 0 spiro atoms. The van der Waals surface area contributed by atoms with Crippen molar-refractivity contribution in [3.8, 4) is 0 Å². The van der Waals surface area contributed by atoms with E-state index in [0.29, 0.717) is 37.4 Å². The van der Waals surface area contributed by atoms with Gasteiger partial charge in [0.05, 0.1) is 19.3 Å². The van der Waals surface area contributed by atoms with Crippen LogP contribution in [0, 0.1) is 5.82 Å². The van der Waals surface area contributed by atoms with Crippen molar-refractivity contribution in [3.63, 3.8) is 0 Å². The van der Waals surface area contributed by atoms with Crippen LogP contribution in [0.1, 0.15) is 17.2 Å². The maximum Gasteiger partial charge on any atom is 0.191 e. The lowest BCUT2D eigenvalue weighted by atomic mass is 10.0. The van der Waals surface area contributed by atoms with E-state index in [2.05, 4.69) is 25.5 Å². The van der Waals surface area contributed by atoms with Gasteiger partial charge in [-0.2, -0.15) is 0 Å². The number of hydrogen-bond donors (Lipinski definition) is 2. The van der Waals surface area contributed by atoms with Gasteiger partial charge in [-0.05, 0) is 35.7 Å². The zero-order valence-corrected chi connectivity index (χ0v) is 17.3. The summed E-state index contributed by atoms with van der Waals surface area (Å²) in [7, 11) is 1.74. The van der Waals surface area contributed by atoms with Crippen LogP contribution in [0.4, 0.5) is 4.39 Å². The molecule has 0 aliphatic carbocycles. The van der Waals surface area contributed by atoms with Gasteiger partial charge in [0.2, 0.25) is 0 Å². The van der Waals surface area contributed by atoms with Gasteiger partial charge in [-0.25, -0.2) is 9.37 Å². The number of nitrogens with one attached hydrogen (secondary N) is 2. The second kappa shape index (κ2) is 11.1. The van der Waals surface area contributed by atoms with E-state index in [-0.39, 0.29) is 11.9 Å². The van der Waals surface area contributed by atoms with Crippen LogP contribution in [-0.4, -0.2) is 62.3 Å². The maximum absolute atomic E-state index is 13.8. The summed E-state index contributed by atoms with van der Waals surface area (Å²) in [6.07, 6.45) is 2.58. The number of guanidine groups is 1. The van der Waals surface area contributed by atoms with Crippen LogP contribution in [0.25, 0.3) is 0 Å². The second-order valence-corrected chi connectivity index (χ2v) is 7.23. The summed E-state index contributed by atoms with van der Waals surface area (Å²) >= 11 is 5.82. The first-order valence-electron chi connectivity index (χ1n) is 9.78. The van der Waals surface area contributed by atoms with Gasteiger partial charge in [-0.3, -0.25) is 9.89 Å². The molecule has 1 aromatic carbocycles. The normalized spacial score (nSPS) is 16.4. The third-order valence-corrected chi connectivity index (χ3v) is 5.12. The van der Waals surface area contributed by atoms with Gasteiger partial charge in [0.15, 0.2) is 5.96 Å². The van der Waals surface area contributed by atoms with Gasteiger partial charge >= 0.3 is 0 Å². The highest BCUT2D eigenvalue weighted by atomic mass is 35.5. The fourth-order valence-electron chi connectivity index (χ4n) is 3.35. The molecule has 6 nitrogen and oxygen atoms in total. The van der Waals surface area contributed by atoms with E-state index < -0.39 is 0 Å². The number of rotatable bonds is 7. The fourth-order valence-corrected chi connectivity index (χ4v) is 3.47. The van der Waals surface area contributed by atoms with Crippen LogP contribution in [-0.2, 0) is 11.2 Å². The molecule has 0 bridgehead atoms. The first-order valence-corrected chi connectivity index (χ1v) is 10.2. The Morgan fingerprint density at radius 2 is 2.10 bits per heavy atom. The Morgan fingerprint density at radius 1 is 1.28 bits per heavy atom. The molecule has 1 fully saturated rings. The minimum Gasteiger partial charge on any atom is -0.379 e. The summed E-state index contributed by atoms with van der Waals surface area (Å²) in [5.41, 5.74) is 2.05. The van der Waals surface area contributed by atoms with E-state index >= 15 is 0 Å². The minimum absolute atomic E-state index is 0.0358. The van der Waals surface area contributed by atoms with Crippen molar-refractivity contribution in [1.82, 2.24) is 20.5 Å². The molecule has 0 radical (unpaired) electrons. The molecule has 0 amide bonds. The molecular weight excluding hydrogens is 393 g/mol. The Kier molecular flexibility index (Phi) is 8.22. The van der Waals surface area contributed by atoms with Crippen molar-refractivity contribution in [1.29, 1.82) is 0 Å². The van der Waals surface area contributed by atoms with E-state index in [1.807, 2.05) is 12.1 Å². The van der Waals surface area contributed by atoms with Crippen molar-refractivity contribution in [3.05, 3.63) is 64.7 Å². The molecule has 8 heteroatoms. The van der Waals surface area contributed by atoms with Gasteiger partial charge in [0.25, 0.3) is 0 Å². The molecule has 1 atom stereocenters. The van der Waals surface area contributed by atoms with E-state index in [9.17, 15) is 4.39 Å². The van der Waals surface area contributed by atoms with E-state index in [4.69, 9.17) is 16.3 Å². The number of nitrogens with zero attached hydrogens (tertiary/aromatic N) is 3. The highest BCUT2D eigenvalue weighted by Crippen LogP contribution is 2.22. The van der Waals surface area contributed by atoms with E-state index in [1.54, 1.807) is 31.4 Å². The number of morpholine rings is 1. The Balaban J connectivity index is 1.57. The van der Waals surface area contributed by atoms with Gasteiger partial charge < -0.3 is 15.4 Å². The van der Waals surface area contributed by atoms with Gasteiger partial charge in [0.1, 0.15) is 11.0 Å². The highest BCUT2D eigenvalue weighted by molar-refractivity contribution is 6.29. The number of benzene rings is 1. The van der Waals surface area contributed by atoms with E-state index in [0.717, 1.165) is 30.6 Å². The van der Waals surface area contributed by atoms with E-state index in [1.165, 1.54) is 6.07 Å². The van der Waals surface area contributed by atoms with Crippen molar-refractivity contribution in [2.75, 3.05) is 46.4 Å². The third-order valence-electron chi connectivity index (χ3n) is 4.90. The lowest BCUT2D eigenvalue weighted by Gasteiger charge is -2.35. The van der Waals surface area contributed by atoms with Crippen LogP contribution >= 0.6 is 11.6 Å². The molecule has 1 unspecified atom stereocenters. The van der Waals surface area contributed by atoms with Crippen LogP contribution in [0.5, 0.6) is 0 Å². The lowest BCUT2D eigenvalue weighted by molar-refractivity contribution is 0.0169. The molecule has 2 N–H and O–H groups in total. The predicted octanol–water partition coefficient (Wildman–Crippen LogP) is 2.66. The molecule has 1 aliphatic rings. The summed E-state index contributed by atoms with van der Waals surface area (Å²) in [4.78, 5) is 10.7. The SMILES string of the molecule is CN=C(NCCc1ccc(Cl)nc1)NCC(c1cccc(F)c1)N1CCOCC1. The average Bonchev–Trinajstić information content (AvgIpc) is 2.75. The first kappa shape index (κ1) is 21.5. The zero-order chi connectivity index (χ0) is 20.5. The molecule has 1 aliphatic heterocycles. The molecule has 3 rings (SSSR count). The van der Waals surface area contributed by atoms with Crippen LogP contribution in [0.15, 0.2) is 47.6 Å². The first-order chi connectivity index (χ1) is 14.2. The zero-order valence-electron chi connectivity index (χ0n) is 16.6.